The molecule has 112 valence electrons. The minimum atomic E-state index is 0.706. The lowest BCUT2D eigenvalue weighted by Gasteiger charge is -2.09. The molecule has 0 atom stereocenters. The molecular formula is C18H22ClNO. The van der Waals surface area contributed by atoms with Crippen molar-refractivity contribution in [1.29, 1.82) is 0 Å². The van der Waals surface area contributed by atoms with E-state index in [0.29, 0.717) is 6.61 Å². The van der Waals surface area contributed by atoms with Crippen LogP contribution in [0.5, 0.6) is 5.75 Å². The molecule has 0 saturated heterocycles. The largest absolute Gasteiger partial charge is 0.494 e. The van der Waals surface area contributed by atoms with Crippen molar-refractivity contribution in [3.63, 3.8) is 0 Å². The molecule has 0 aliphatic heterocycles. The van der Waals surface area contributed by atoms with Crippen LogP contribution in [0.4, 0.5) is 5.69 Å². The van der Waals surface area contributed by atoms with Gasteiger partial charge >= 0.3 is 0 Å². The summed E-state index contributed by atoms with van der Waals surface area (Å²) in [5.41, 5.74) is 3.49. The molecule has 0 aliphatic carbocycles. The Bertz CT molecular complexity index is 566. The fraction of sp³-hybridized carbons (Fsp3) is 0.333. The van der Waals surface area contributed by atoms with Crippen molar-refractivity contribution in [2.75, 3.05) is 18.5 Å². The Hall–Kier alpha value is -1.67. The number of ether oxygens (including phenoxy) is 1. The molecule has 0 amide bonds. The van der Waals surface area contributed by atoms with Gasteiger partial charge in [-0.3, -0.25) is 0 Å². The van der Waals surface area contributed by atoms with Gasteiger partial charge in [0.25, 0.3) is 0 Å². The molecule has 0 saturated carbocycles. The Morgan fingerprint density at radius 2 is 1.86 bits per heavy atom. The van der Waals surface area contributed by atoms with Gasteiger partial charge in [-0.05, 0) is 55.2 Å². The quantitative estimate of drug-likeness (QED) is 0.719. The molecule has 0 fully saturated rings. The number of hydrogen-bond donors (Lipinski definition) is 1. The third-order valence-electron chi connectivity index (χ3n) is 3.42. The molecule has 21 heavy (non-hydrogen) atoms. The molecule has 0 bridgehead atoms. The molecule has 2 aromatic rings. The lowest BCUT2D eigenvalue weighted by atomic mass is 10.2. The van der Waals surface area contributed by atoms with Crippen LogP contribution in [0.1, 0.15) is 24.5 Å². The molecule has 0 heterocycles. The summed E-state index contributed by atoms with van der Waals surface area (Å²) in [6, 6.07) is 14.3. The molecule has 1 N–H and O–H groups in total. The first-order valence-corrected chi connectivity index (χ1v) is 7.78. The second kappa shape index (κ2) is 7.94. The number of benzene rings is 2. The number of hydrogen-bond acceptors (Lipinski definition) is 2. The fourth-order valence-corrected chi connectivity index (χ4v) is 2.20. The van der Waals surface area contributed by atoms with Gasteiger partial charge in [-0.15, -0.1) is 0 Å². The van der Waals surface area contributed by atoms with E-state index < -0.39 is 0 Å². The lowest BCUT2D eigenvalue weighted by Crippen LogP contribution is -2.07. The monoisotopic (exact) mass is 303 g/mol. The predicted octanol–water partition coefficient (Wildman–Crippen LogP) is 5.09. The van der Waals surface area contributed by atoms with Gasteiger partial charge in [0.05, 0.1) is 6.61 Å². The van der Waals surface area contributed by atoms with E-state index in [-0.39, 0.29) is 0 Å². The molecule has 0 unspecified atom stereocenters. The Labute approximate surface area is 132 Å². The zero-order chi connectivity index (χ0) is 15.1. The summed E-state index contributed by atoms with van der Waals surface area (Å²) in [5, 5.41) is 4.15. The topological polar surface area (TPSA) is 21.3 Å². The van der Waals surface area contributed by atoms with E-state index >= 15 is 0 Å². The average Bonchev–Trinajstić information content (AvgIpc) is 2.51. The van der Waals surface area contributed by atoms with Crippen molar-refractivity contribution in [2.24, 2.45) is 0 Å². The Morgan fingerprint density at radius 1 is 1.10 bits per heavy atom. The van der Waals surface area contributed by atoms with E-state index in [1.807, 2.05) is 37.3 Å². The van der Waals surface area contributed by atoms with Crippen molar-refractivity contribution >= 4 is 17.3 Å². The van der Waals surface area contributed by atoms with Gasteiger partial charge in [0.2, 0.25) is 0 Å². The van der Waals surface area contributed by atoms with Crippen molar-refractivity contribution in [3.05, 3.63) is 58.6 Å². The summed E-state index contributed by atoms with van der Waals surface area (Å²) >= 11 is 6.09. The normalized spacial score (nSPS) is 10.4. The third-order valence-corrected chi connectivity index (χ3v) is 3.83. The van der Waals surface area contributed by atoms with Crippen LogP contribution in [-0.4, -0.2) is 13.2 Å². The lowest BCUT2D eigenvalue weighted by molar-refractivity contribution is 0.315. The molecule has 3 heteroatoms. The summed E-state index contributed by atoms with van der Waals surface area (Å²) < 4.78 is 5.72. The third kappa shape index (κ3) is 4.98. The van der Waals surface area contributed by atoms with Gasteiger partial charge in [-0.1, -0.05) is 36.7 Å². The maximum Gasteiger partial charge on any atom is 0.119 e. The Balaban J connectivity index is 1.68. The molecule has 2 rings (SSSR count). The van der Waals surface area contributed by atoms with Crippen molar-refractivity contribution < 1.29 is 4.74 Å². The van der Waals surface area contributed by atoms with Gasteiger partial charge in [0, 0.05) is 17.3 Å². The molecule has 2 aromatic carbocycles. The van der Waals surface area contributed by atoms with E-state index in [0.717, 1.165) is 41.4 Å². The van der Waals surface area contributed by atoms with E-state index in [9.17, 15) is 0 Å². The Morgan fingerprint density at radius 3 is 2.52 bits per heavy atom. The fourth-order valence-electron chi connectivity index (χ4n) is 2.02. The first-order chi connectivity index (χ1) is 10.2. The SMILES string of the molecule is CCc1ccc(OCCCNc2ccc(C)c(Cl)c2)cc1. The highest BCUT2D eigenvalue weighted by Gasteiger charge is 1.98. The standard InChI is InChI=1S/C18H22ClNO/c1-3-15-6-9-17(10-7-15)21-12-4-11-20-16-8-5-14(2)18(19)13-16/h5-10,13,20H,3-4,11-12H2,1-2H3. The second-order valence-corrected chi connectivity index (χ2v) is 5.50. The van der Waals surface area contributed by atoms with Crippen LogP contribution >= 0.6 is 11.6 Å². The number of aryl methyl sites for hydroxylation is 2. The molecule has 2 nitrogen and oxygen atoms in total. The molecular weight excluding hydrogens is 282 g/mol. The van der Waals surface area contributed by atoms with Crippen molar-refractivity contribution in [1.82, 2.24) is 0 Å². The van der Waals surface area contributed by atoms with Crippen LogP contribution in [0.3, 0.4) is 0 Å². The molecule has 0 radical (unpaired) electrons. The summed E-state index contributed by atoms with van der Waals surface area (Å²) in [6.07, 6.45) is 2.00. The van der Waals surface area contributed by atoms with Crippen molar-refractivity contribution in [3.8, 4) is 5.75 Å². The van der Waals surface area contributed by atoms with Crippen LogP contribution < -0.4 is 10.1 Å². The first kappa shape index (κ1) is 15.7. The minimum absolute atomic E-state index is 0.706. The van der Waals surface area contributed by atoms with Gasteiger partial charge < -0.3 is 10.1 Å². The minimum Gasteiger partial charge on any atom is -0.494 e. The molecule has 0 aromatic heterocycles. The predicted molar refractivity (Wildman–Crippen MR) is 90.6 cm³/mol. The number of anilines is 1. The van der Waals surface area contributed by atoms with Crippen LogP contribution in [0.2, 0.25) is 5.02 Å². The number of nitrogens with one attached hydrogen (secondary N) is 1. The van der Waals surface area contributed by atoms with Crippen LogP contribution in [-0.2, 0) is 6.42 Å². The first-order valence-electron chi connectivity index (χ1n) is 7.41. The average molecular weight is 304 g/mol. The van der Waals surface area contributed by atoms with Gasteiger partial charge in [0.15, 0.2) is 0 Å². The van der Waals surface area contributed by atoms with E-state index in [1.165, 1.54) is 5.56 Å². The highest BCUT2D eigenvalue weighted by molar-refractivity contribution is 6.31. The zero-order valence-electron chi connectivity index (χ0n) is 12.7. The zero-order valence-corrected chi connectivity index (χ0v) is 13.4. The summed E-state index contributed by atoms with van der Waals surface area (Å²) in [5.74, 6) is 0.936. The smallest absolute Gasteiger partial charge is 0.119 e. The van der Waals surface area contributed by atoms with Crippen LogP contribution in [0.25, 0.3) is 0 Å². The van der Waals surface area contributed by atoms with E-state index in [4.69, 9.17) is 16.3 Å². The highest BCUT2D eigenvalue weighted by Crippen LogP contribution is 2.19. The maximum atomic E-state index is 6.09. The summed E-state index contributed by atoms with van der Waals surface area (Å²) in [4.78, 5) is 0. The van der Waals surface area contributed by atoms with E-state index in [2.05, 4.69) is 24.4 Å². The number of rotatable bonds is 7. The van der Waals surface area contributed by atoms with Gasteiger partial charge in [0.1, 0.15) is 5.75 Å². The van der Waals surface area contributed by atoms with Gasteiger partial charge in [-0.2, -0.15) is 0 Å². The van der Waals surface area contributed by atoms with Crippen LogP contribution in [0.15, 0.2) is 42.5 Å². The van der Waals surface area contributed by atoms with E-state index in [1.54, 1.807) is 0 Å². The van der Waals surface area contributed by atoms with Gasteiger partial charge in [-0.25, -0.2) is 0 Å². The summed E-state index contributed by atoms with van der Waals surface area (Å²) in [7, 11) is 0. The second-order valence-electron chi connectivity index (χ2n) is 5.09. The molecule has 0 spiro atoms. The van der Waals surface area contributed by atoms with Crippen molar-refractivity contribution in [2.45, 2.75) is 26.7 Å². The molecule has 0 aliphatic rings. The summed E-state index contributed by atoms with van der Waals surface area (Å²) in [6.45, 7) is 5.73. The maximum absolute atomic E-state index is 6.09. The highest BCUT2D eigenvalue weighted by atomic mass is 35.5. The number of halogens is 1. The van der Waals surface area contributed by atoms with Crippen LogP contribution in [0, 0.1) is 6.92 Å². The Kier molecular flexibility index (Phi) is 5.94.